The minimum atomic E-state index is -0.372. The third kappa shape index (κ3) is 1.74. The van der Waals surface area contributed by atoms with Crippen molar-refractivity contribution in [1.82, 2.24) is 0 Å². The van der Waals surface area contributed by atoms with E-state index in [4.69, 9.17) is 9.25 Å². The maximum atomic E-state index is 11.1. The van der Waals surface area contributed by atoms with Gasteiger partial charge < -0.3 is 9.25 Å². The van der Waals surface area contributed by atoms with E-state index >= 15 is 0 Å². The Morgan fingerprint density at radius 2 is 2.20 bits per heavy atom. The molecule has 0 spiro atoms. The lowest BCUT2D eigenvalue weighted by Crippen LogP contribution is -1.97. The van der Waals surface area contributed by atoms with Gasteiger partial charge in [-0.1, -0.05) is 5.16 Å². The van der Waals surface area contributed by atoms with Gasteiger partial charge in [-0.2, -0.15) is 0 Å². The molecule has 0 aliphatic carbocycles. The summed E-state index contributed by atoms with van der Waals surface area (Å²) in [7, 11) is 0. The fourth-order valence-corrected chi connectivity index (χ4v) is 1.44. The number of hydrogen-bond acceptors (Lipinski definition) is 4. The zero-order valence-electron chi connectivity index (χ0n) is 8.19. The molecule has 0 bridgehead atoms. The zero-order chi connectivity index (χ0) is 10.8. The van der Waals surface area contributed by atoms with Crippen LogP contribution in [0.1, 0.15) is 5.56 Å². The highest BCUT2D eigenvalue weighted by molar-refractivity contribution is 5.81. The number of nitrogens with zero attached hydrogens (tertiary/aromatic N) is 1. The fraction of sp³-hybridized carbons (Fsp3) is 0.0909. The van der Waals surface area contributed by atoms with Crippen LogP contribution in [0.3, 0.4) is 0 Å². The van der Waals surface area contributed by atoms with Gasteiger partial charge in [-0.15, -0.1) is 0 Å². The second-order valence-electron chi connectivity index (χ2n) is 3.13. The summed E-state index contributed by atoms with van der Waals surface area (Å²) in [6.45, 7) is 5.06. The van der Waals surface area contributed by atoms with E-state index in [2.05, 4.69) is 11.9 Å². The number of fused-ring (bicyclic) bond motifs is 1. The van der Waals surface area contributed by atoms with Crippen LogP contribution in [0.25, 0.3) is 11.0 Å². The molecule has 0 unspecified atom stereocenters. The first-order valence-electron chi connectivity index (χ1n) is 4.38. The average molecular weight is 203 g/mol. The molecule has 4 nitrogen and oxygen atoms in total. The van der Waals surface area contributed by atoms with Crippen LogP contribution in [-0.4, -0.2) is 6.72 Å². The van der Waals surface area contributed by atoms with Crippen molar-refractivity contribution in [3.63, 3.8) is 0 Å². The van der Waals surface area contributed by atoms with Crippen LogP contribution in [0.15, 0.2) is 38.6 Å². The number of oxime groups is 1. The molecule has 0 radical (unpaired) electrons. The van der Waals surface area contributed by atoms with E-state index in [1.54, 1.807) is 12.1 Å². The lowest BCUT2D eigenvalue weighted by molar-refractivity contribution is 0.345. The molecule has 2 aromatic rings. The van der Waals surface area contributed by atoms with E-state index in [-0.39, 0.29) is 5.63 Å². The molecular weight excluding hydrogens is 194 g/mol. The van der Waals surface area contributed by atoms with E-state index in [0.29, 0.717) is 11.3 Å². The van der Waals surface area contributed by atoms with Gasteiger partial charge in [0, 0.05) is 24.2 Å². The van der Waals surface area contributed by atoms with E-state index in [1.165, 1.54) is 6.07 Å². The Hall–Kier alpha value is -2.10. The van der Waals surface area contributed by atoms with Crippen LogP contribution < -0.4 is 10.5 Å². The van der Waals surface area contributed by atoms with Crippen molar-refractivity contribution in [2.24, 2.45) is 5.16 Å². The molecule has 0 fully saturated rings. The monoisotopic (exact) mass is 203 g/mol. The van der Waals surface area contributed by atoms with Gasteiger partial charge in [0.2, 0.25) is 0 Å². The number of benzene rings is 1. The van der Waals surface area contributed by atoms with E-state index in [0.717, 1.165) is 10.9 Å². The summed E-state index contributed by atoms with van der Waals surface area (Å²) < 4.78 is 5.03. The topological polar surface area (TPSA) is 51.8 Å². The van der Waals surface area contributed by atoms with E-state index in [1.807, 2.05) is 13.0 Å². The van der Waals surface area contributed by atoms with Crippen molar-refractivity contribution in [3.05, 3.63) is 40.2 Å². The highest BCUT2D eigenvalue weighted by atomic mass is 16.6. The number of hydrogen-bond donors (Lipinski definition) is 0. The summed E-state index contributed by atoms with van der Waals surface area (Å²) in [5.74, 6) is 0.492. The minimum absolute atomic E-state index is 0.372. The zero-order valence-corrected chi connectivity index (χ0v) is 8.19. The third-order valence-corrected chi connectivity index (χ3v) is 2.09. The van der Waals surface area contributed by atoms with Crippen LogP contribution in [0.5, 0.6) is 5.75 Å². The van der Waals surface area contributed by atoms with Gasteiger partial charge in [0.1, 0.15) is 5.58 Å². The molecule has 4 heteroatoms. The first-order chi connectivity index (χ1) is 7.20. The smallest absolute Gasteiger partial charge is 0.336 e. The van der Waals surface area contributed by atoms with Crippen LogP contribution in [0.2, 0.25) is 0 Å². The molecule has 0 N–H and O–H groups in total. The van der Waals surface area contributed by atoms with Gasteiger partial charge >= 0.3 is 5.63 Å². The molecule has 0 amide bonds. The highest BCUT2D eigenvalue weighted by Gasteiger charge is 2.03. The number of aryl methyl sites for hydroxylation is 1. The SMILES string of the molecule is C=NOc1ccc2c(C)cc(=O)oc2c1. The molecule has 0 saturated carbocycles. The Labute approximate surface area is 85.8 Å². The Balaban J connectivity index is 2.70. The lowest BCUT2D eigenvalue weighted by Gasteiger charge is -2.01. The minimum Gasteiger partial charge on any atom is -0.423 e. The van der Waals surface area contributed by atoms with Gasteiger partial charge in [0.05, 0.1) is 0 Å². The second kappa shape index (κ2) is 3.57. The molecule has 1 aromatic carbocycles. The van der Waals surface area contributed by atoms with Gasteiger partial charge in [0.15, 0.2) is 5.75 Å². The van der Waals surface area contributed by atoms with Crippen LogP contribution in [-0.2, 0) is 0 Å². The molecule has 76 valence electrons. The highest BCUT2D eigenvalue weighted by Crippen LogP contribution is 2.22. The van der Waals surface area contributed by atoms with Gasteiger partial charge in [0.25, 0.3) is 0 Å². The Morgan fingerprint density at radius 1 is 1.40 bits per heavy atom. The third-order valence-electron chi connectivity index (χ3n) is 2.09. The van der Waals surface area contributed by atoms with Crippen LogP contribution >= 0.6 is 0 Å². The molecule has 0 aliphatic rings. The van der Waals surface area contributed by atoms with Crippen molar-refractivity contribution >= 4 is 17.7 Å². The molecule has 2 rings (SSSR count). The van der Waals surface area contributed by atoms with Gasteiger partial charge in [-0.25, -0.2) is 4.79 Å². The first kappa shape index (κ1) is 9.45. The first-order valence-corrected chi connectivity index (χ1v) is 4.38. The fourth-order valence-electron chi connectivity index (χ4n) is 1.44. The van der Waals surface area contributed by atoms with Crippen molar-refractivity contribution in [2.45, 2.75) is 6.92 Å². The summed E-state index contributed by atoms with van der Waals surface area (Å²) in [5, 5.41) is 4.17. The molecular formula is C11H9NO3. The largest absolute Gasteiger partial charge is 0.423 e. The Bertz CT molecular complexity index is 572. The van der Waals surface area contributed by atoms with E-state index in [9.17, 15) is 4.79 Å². The molecule has 1 heterocycles. The maximum Gasteiger partial charge on any atom is 0.336 e. The van der Waals surface area contributed by atoms with Crippen molar-refractivity contribution in [1.29, 1.82) is 0 Å². The lowest BCUT2D eigenvalue weighted by atomic mass is 10.1. The summed E-state index contributed by atoms with van der Waals surface area (Å²) >= 11 is 0. The van der Waals surface area contributed by atoms with Crippen LogP contribution in [0.4, 0.5) is 0 Å². The standard InChI is InChI=1S/C11H9NO3/c1-7-5-11(13)14-10-6-8(15-12-2)3-4-9(7)10/h3-6H,2H2,1H3. The molecule has 0 aliphatic heterocycles. The second-order valence-corrected chi connectivity index (χ2v) is 3.13. The predicted octanol–water partition coefficient (Wildman–Crippen LogP) is 2.10. The summed E-state index contributed by atoms with van der Waals surface area (Å²) in [6.07, 6.45) is 0. The number of rotatable bonds is 2. The normalized spacial score (nSPS) is 10.2. The van der Waals surface area contributed by atoms with Gasteiger partial charge in [-0.3, -0.25) is 0 Å². The summed E-state index contributed by atoms with van der Waals surface area (Å²) in [5.41, 5.74) is 0.990. The van der Waals surface area contributed by atoms with Crippen molar-refractivity contribution in [3.8, 4) is 5.75 Å². The maximum absolute atomic E-state index is 11.1. The quantitative estimate of drug-likeness (QED) is 0.426. The molecule has 1 aromatic heterocycles. The molecule has 0 atom stereocenters. The average Bonchev–Trinajstić information content (AvgIpc) is 2.17. The van der Waals surface area contributed by atoms with Crippen molar-refractivity contribution in [2.75, 3.05) is 0 Å². The Morgan fingerprint density at radius 3 is 2.93 bits per heavy atom. The molecule has 15 heavy (non-hydrogen) atoms. The Kier molecular flexibility index (Phi) is 2.25. The predicted molar refractivity (Wildman–Crippen MR) is 57.4 cm³/mol. The van der Waals surface area contributed by atoms with Gasteiger partial charge in [-0.05, 0) is 24.6 Å². The van der Waals surface area contributed by atoms with E-state index < -0.39 is 0 Å². The van der Waals surface area contributed by atoms with Crippen molar-refractivity contribution < 1.29 is 9.25 Å². The van der Waals surface area contributed by atoms with Crippen LogP contribution in [0, 0.1) is 6.92 Å². The summed E-state index contributed by atoms with van der Waals surface area (Å²) in [4.78, 5) is 16.0. The molecule has 0 saturated heterocycles. The summed E-state index contributed by atoms with van der Waals surface area (Å²) in [6, 6.07) is 6.62.